The lowest BCUT2D eigenvalue weighted by atomic mass is 10.4. The predicted octanol–water partition coefficient (Wildman–Crippen LogP) is 2.45. The summed E-state index contributed by atoms with van der Waals surface area (Å²) < 4.78 is 30.0. The van der Waals surface area contributed by atoms with Gasteiger partial charge in [0.2, 0.25) is 9.84 Å². The third kappa shape index (κ3) is 1.68. The Balaban J connectivity index is 2.55. The molecule has 1 saturated heterocycles. The van der Waals surface area contributed by atoms with E-state index in [4.69, 9.17) is 4.74 Å². The van der Waals surface area contributed by atoms with Crippen molar-refractivity contribution in [2.75, 3.05) is 0 Å². The van der Waals surface area contributed by atoms with Gasteiger partial charge >= 0.3 is 0 Å². The van der Waals surface area contributed by atoms with Crippen molar-refractivity contribution in [1.82, 2.24) is 0 Å². The molecule has 0 bridgehead atoms. The molecule has 3 nitrogen and oxygen atoms in total. The molecule has 0 unspecified atom stereocenters. The Hall–Kier alpha value is -0.653. The quantitative estimate of drug-likeness (QED) is 0.626. The molecule has 0 spiro atoms. The molecule has 0 radical (unpaired) electrons. The number of rotatable bonds is 3. The summed E-state index contributed by atoms with van der Waals surface area (Å²) in [6, 6.07) is 8.60. The monoisotopic (exact) mass is 270 g/mol. The second-order valence-corrected chi connectivity index (χ2v) is 13.2. The molecular formula is C12H18O3SSi. The van der Waals surface area contributed by atoms with Crippen LogP contribution in [-0.2, 0) is 14.6 Å². The first-order chi connectivity index (χ1) is 7.73. The Morgan fingerprint density at radius 1 is 1.18 bits per heavy atom. The fraction of sp³-hybridized carbons (Fsp3) is 0.500. The van der Waals surface area contributed by atoms with Crippen LogP contribution in [-0.4, -0.2) is 27.2 Å². The van der Waals surface area contributed by atoms with E-state index in [1.54, 1.807) is 24.3 Å². The predicted molar refractivity (Wildman–Crippen MR) is 70.3 cm³/mol. The molecule has 2 rings (SSSR count). The van der Waals surface area contributed by atoms with Crippen molar-refractivity contribution in [3.8, 4) is 0 Å². The van der Waals surface area contributed by atoms with Crippen LogP contribution < -0.4 is 0 Å². The molecule has 94 valence electrons. The normalized spacial score (nSPS) is 29.1. The smallest absolute Gasteiger partial charge is 0.207 e. The van der Waals surface area contributed by atoms with Crippen LogP contribution in [0.5, 0.6) is 0 Å². The van der Waals surface area contributed by atoms with E-state index in [0.717, 1.165) is 0 Å². The molecular weight excluding hydrogens is 252 g/mol. The van der Waals surface area contributed by atoms with Crippen molar-refractivity contribution < 1.29 is 13.2 Å². The molecule has 0 aromatic heterocycles. The lowest BCUT2D eigenvalue weighted by molar-refractivity contribution is 0.385. The minimum atomic E-state index is -3.39. The molecule has 5 heteroatoms. The Morgan fingerprint density at radius 3 is 2.00 bits per heavy atom. The zero-order chi connectivity index (χ0) is 12.9. The van der Waals surface area contributed by atoms with Crippen LogP contribution in [0, 0.1) is 0 Å². The van der Waals surface area contributed by atoms with Gasteiger partial charge in [-0.2, -0.15) is 0 Å². The SMILES string of the molecule is C[C@H]1O[C@]1([Si](C)(C)C)S(=O)(=O)c1ccccc1. The second kappa shape index (κ2) is 3.67. The zero-order valence-electron chi connectivity index (χ0n) is 10.6. The van der Waals surface area contributed by atoms with E-state index >= 15 is 0 Å². The molecule has 1 fully saturated rings. The number of hydrogen-bond donors (Lipinski definition) is 0. The third-order valence-electron chi connectivity index (χ3n) is 3.33. The fourth-order valence-electron chi connectivity index (χ4n) is 2.47. The summed E-state index contributed by atoms with van der Waals surface area (Å²) in [6.07, 6.45) is -0.195. The molecule has 0 N–H and O–H groups in total. The summed E-state index contributed by atoms with van der Waals surface area (Å²) in [4.78, 5) is 0.367. The highest BCUT2D eigenvalue weighted by Crippen LogP contribution is 2.51. The Bertz CT molecular complexity index is 518. The maximum atomic E-state index is 12.7. The first-order valence-electron chi connectivity index (χ1n) is 5.71. The zero-order valence-corrected chi connectivity index (χ0v) is 12.4. The summed E-state index contributed by atoms with van der Waals surface area (Å²) in [7, 11) is -5.36. The summed E-state index contributed by atoms with van der Waals surface area (Å²) in [6.45, 7) is 7.96. The average Bonchev–Trinajstić information content (AvgIpc) is 2.93. The van der Waals surface area contributed by atoms with Crippen LogP contribution in [0.2, 0.25) is 19.6 Å². The Labute approximate surface area is 104 Å². The van der Waals surface area contributed by atoms with E-state index in [0.29, 0.717) is 4.90 Å². The largest absolute Gasteiger partial charge is 0.353 e. The van der Waals surface area contributed by atoms with Crippen molar-refractivity contribution in [3.63, 3.8) is 0 Å². The van der Waals surface area contributed by atoms with Gasteiger partial charge in [-0.1, -0.05) is 37.8 Å². The van der Waals surface area contributed by atoms with Crippen LogP contribution in [0.3, 0.4) is 0 Å². The highest BCUT2D eigenvalue weighted by Gasteiger charge is 2.70. The molecule has 1 aromatic rings. The maximum Gasteiger partial charge on any atom is 0.207 e. The van der Waals surface area contributed by atoms with Gasteiger partial charge in [0.05, 0.1) is 11.0 Å². The van der Waals surface area contributed by atoms with Gasteiger partial charge in [-0.25, -0.2) is 8.42 Å². The lowest BCUT2D eigenvalue weighted by Gasteiger charge is -2.26. The van der Waals surface area contributed by atoms with Gasteiger partial charge in [0.1, 0.15) is 8.07 Å². The minimum absolute atomic E-state index is 0.195. The van der Waals surface area contributed by atoms with E-state index in [9.17, 15) is 8.42 Å². The minimum Gasteiger partial charge on any atom is -0.353 e. The lowest BCUT2D eigenvalue weighted by Crippen LogP contribution is -2.49. The van der Waals surface area contributed by atoms with Crippen molar-refractivity contribution in [2.45, 2.75) is 42.1 Å². The Kier molecular flexibility index (Phi) is 2.76. The van der Waals surface area contributed by atoms with Gasteiger partial charge < -0.3 is 4.74 Å². The molecule has 0 saturated carbocycles. The van der Waals surface area contributed by atoms with E-state index < -0.39 is 22.5 Å². The van der Waals surface area contributed by atoms with Crippen molar-refractivity contribution in [3.05, 3.63) is 30.3 Å². The molecule has 0 aliphatic carbocycles. The van der Waals surface area contributed by atoms with Crippen molar-refractivity contribution in [2.24, 2.45) is 0 Å². The van der Waals surface area contributed by atoms with Gasteiger partial charge in [-0.3, -0.25) is 0 Å². The number of hydrogen-bond acceptors (Lipinski definition) is 3. The number of benzene rings is 1. The standard InChI is InChI=1S/C12H18O3SSi/c1-10-12(15-10,17(2,3)4)16(13,14)11-8-6-5-7-9-11/h5-10H,1-4H3/t10-,12+/m1/s1. The van der Waals surface area contributed by atoms with Gasteiger partial charge in [0, 0.05) is 0 Å². The number of sulfone groups is 1. The molecule has 1 aliphatic rings. The summed E-state index contributed by atoms with van der Waals surface area (Å²) in [5.41, 5.74) is 0. The molecule has 2 atom stereocenters. The molecule has 17 heavy (non-hydrogen) atoms. The van der Waals surface area contributed by atoms with E-state index in [2.05, 4.69) is 0 Å². The highest BCUT2D eigenvalue weighted by molar-refractivity contribution is 7.95. The molecule has 1 heterocycles. The second-order valence-electron chi connectivity index (χ2n) is 5.49. The van der Waals surface area contributed by atoms with Gasteiger partial charge in [-0.05, 0) is 19.1 Å². The first kappa shape index (κ1) is 12.8. The fourth-order valence-corrected chi connectivity index (χ4v) is 9.38. The summed E-state index contributed by atoms with van der Waals surface area (Å²) in [5, 5.41) is 0. The van der Waals surface area contributed by atoms with Crippen LogP contribution in [0.25, 0.3) is 0 Å². The van der Waals surface area contributed by atoms with E-state index in [-0.39, 0.29) is 6.10 Å². The van der Waals surface area contributed by atoms with Crippen molar-refractivity contribution >= 4 is 17.9 Å². The van der Waals surface area contributed by atoms with Crippen molar-refractivity contribution in [1.29, 1.82) is 0 Å². The summed E-state index contributed by atoms with van der Waals surface area (Å²) >= 11 is 0. The topological polar surface area (TPSA) is 46.7 Å². The van der Waals surface area contributed by atoms with Gasteiger partial charge in [-0.15, -0.1) is 0 Å². The third-order valence-corrected chi connectivity index (χ3v) is 10.7. The molecule has 1 aliphatic heterocycles. The van der Waals surface area contributed by atoms with Crippen LogP contribution >= 0.6 is 0 Å². The van der Waals surface area contributed by atoms with Gasteiger partial charge in [0.25, 0.3) is 0 Å². The van der Waals surface area contributed by atoms with E-state index in [1.165, 1.54) is 0 Å². The van der Waals surface area contributed by atoms with Crippen LogP contribution in [0.1, 0.15) is 6.92 Å². The number of ether oxygens (including phenoxy) is 1. The Morgan fingerprint density at radius 2 is 1.65 bits per heavy atom. The number of epoxide rings is 1. The molecule has 1 aromatic carbocycles. The van der Waals surface area contributed by atoms with E-state index in [1.807, 2.05) is 32.6 Å². The first-order valence-corrected chi connectivity index (χ1v) is 10.7. The van der Waals surface area contributed by atoms with Crippen LogP contribution in [0.4, 0.5) is 0 Å². The highest BCUT2D eigenvalue weighted by atomic mass is 32.2. The van der Waals surface area contributed by atoms with Gasteiger partial charge in [0.15, 0.2) is 4.56 Å². The molecule has 0 amide bonds. The average molecular weight is 270 g/mol. The summed E-state index contributed by atoms with van der Waals surface area (Å²) in [5.74, 6) is 0. The van der Waals surface area contributed by atoms with Crippen LogP contribution in [0.15, 0.2) is 35.2 Å². The maximum absolute atomic E-state index is 12.7.